The van der Waals surface area contributed by atoms with Crippen molar-refractivity contribution in [3.63, 3.8) is 0 Å². The number of aliphatic carboxylic acids is 1. The van der Waals surface area contributed by atoms with Crippen molar-refractivity contribution in [2.45, 2.75) is 12.8 Å². The molecule has 0 atom stereocenters. The van der Waals surface area contributed by atoms with Gasteiger partial charge in [-0.05, 0) is 18.6 Å². The molecule has 0 bridgehead atoms. The van der Waals surface area contributed by atoms with Crippen molar-refractivity contribution >= 4 is 21.8 Å². The normalized spacial score (nSPS) is 16.9. The molecule has 0 radical (unpaired) electrons. The first kappa shape index (κ1) is 15.6. The Balaban J connectivity index is 1.87. The molecule has 1 aromatic heterocycles. The highest BCUT2D eigenvalue weighted by atomic mass is 32.2. The Labute approximate surface area is 123 Å². The highest BCUT2D eigenvalue weighted by molar-refractivity contribution is 7.89. The first-order chi connectivity index (χ1) is 9.99. The lowest BCUT2D eigenvalue weighted by atomic mass is 10.3. The molecular weight excluding hydrogens is 296 g/mol. The predicted molar refractivity (Wildman–Crippen MR) is 76.5 cm³/mol. The fourth-order valence-electron chi connectivity index (χ4n) is 2.19. The maximum absolute atomic E-state index is 12.1. The van der Waals surface area contributed by atoms with Crippen LogP contribution in [-0.2, 0) is 14.8 Å². The highest BCUT2D eigenvalue weighted by Gasteiger charge is 2.27. The number of piperazine rings is 1. The third kappa shape index (κ3) is 4.36. The third-order valence-electron chi connectivity index (χ3n) is 3.31. The number of hydrogen-bond donors (Lipinski definition) is 1. The van der Waals surface area contributed by atoms with Gasteiger partial charge in [0.25, 0.3) is 0 Å². The van der Waals surface area contributed by atoms with Gasteiger partial charge in [-0.25, -0.2) is 8.42 Å². The maximum atomic E-state index is 12.1. The predicted octanol–water partition coefficient (Wildman–Crippen LogP) is -0.207. The lowest BCUT2D eigenvalue weighted by Crippen LogP contribution is -2.49. The Morgan fingerprint density at radius 2 is 2.00 bits per heavy atom. The lowest BCUT2D eigenvalue weighted by molar-refractivity contribution is -0.137. The van der Waals surface area contributed by atoms with Crippen LogP contribution in [-0.4, -0.2) is 65.9 Å². The van der Waals surface area contributed by atoms with E-state index in [4.69, 9.17) is 5.11 Å². The van der Waals surface area contributed by atoms with E-state index in [9.17, 15) is 13.2 Å². The summed E-state index contributed by atoms with van der Waals surface area (Å²) >= 11 is 0. The molecule has 1 aromatic rings. The summed E-state index contributed by atoms with van der Waals surface area (Å²) in [6.07, 6.45) is 1.60. The van der Waals surface area contributed by atoms with Gasteiger partial charge in [-0.3, -0.25) is 4.79 Å². The van der Waals surface area contributed by atoms with Gasteiger partial charge in [0.15, 0.2) is 5.82 Å². The van der Waals surface area contributed by atoms with Gasteiger partial charge in [0.2, 0.25) is 10.0 Å². The van der Waals surface area contributed by atoms with Gasteiger partial charge in [-0.15, -0.1) is 5.10 Å². The molecule has 0 aromatic carbocycles. The molecule has 21 heavy (non-hydrogen) atoms. The largest absolute Gasteiger partial charge is 0.481 e. The summed E-state index contributed by atoms with van der Waals surface area (Å²) < 4.78 is 25.6. The van der Waals surface area contributed by atoms with Crippen LogP contribution in [0.5, 0.6) is 0 Å². The number of carboxylic acids is 1. The number of nitrogens with zero attached hydrogens (tertiary/aromatic N) is 4. The van der Waals surface area contributed by atoms with Crippen LogP contribution in [0.2, 0.25) is 0 Å². The number of rotatable bonds is 6. The zero-order valence-electron chi connectivity index (χ0n) is 11.6. The number of carbonyl (C=O) groups is 1. The van der Waals surface area contributed by atoms with Crippen molar-refractivity contribution in [2.24, 2.45) is 0 Å². The smallest absolute Gasteiger partial charge is 0.303 e. The van der Waals surface area contributed by atoms with Gasteiger partial charge < -0.3 is 10.0 Å². The van der Waals surface area contributed by atoms with E-state index in [-0.39, 0.29) is 18.6 Å². The van der Waals surface area contributed by atoms with Crippen LogP contribution in [0.15, 0.2) is 18.3 Å². The molecule has 0 spiro atoms. The van der Waals surface area contributed by atoms with E-state index in [1.54, 1.807) is 12.3 Å². The molecule has 2 heterocycles. The van der Waals surface area contributed by atoms with Gasteiger partial charge in [0.1, 0.15) is 0 Å². The fourth-order valence-corrected chi connectivity index (χ4v) is 3.68. The Morgan fingerprint density at radius 3 is 2.57 bits per heavy atom. The summed E-state index contributed by atoms with van der Waals surface area (Å²) in [5.41, 5.74) is 0. The highest BCUT2D eigenvalue weighted by Crippen LogP contribution is 2.14. The molecular formula is C12H18N4O4S. The molecule has 0 aliphatic carbocycles. The van der Waals surface area contributed by atoms with Crippen LogP contribution >= 0.6 is 0 Å². The molecule has 1 fully saturated rings. The molecule has 0 saturated carbocycles. The standard InChI is InChI=1S/C12H18N4O4S/c17-12(18)4-2-10-21(19,20)16-8-6-15(7-9-16)11-3-1-5-13-14-11/h1,3,5H,2,4,6-10H2,(H,17,18). The van der Waals surface area contributed by atoms with Crippen LogP contribution in [0.1, 0.15) is 12.8 Å². The molecule has 0 amide bonds. The van der Waals surface area contributed by atoms with Crippen molar-refractivity contribution in [3.05, 3.63) is 18.3 Å². The lowest BCUT2D eigenvalue weighted by Gasteiger charge is -2.34. The first-order valence-electron chi connectivity index (χ1n) is 6.71. The SMILES string of the molecule is O=C(O)CCCS(=O)(=O)N1CCN(c2cccnn2)CC1. The second kappa shape index (κ2) is 6.81. The molecule has 8 nitrogen and oxygen atoms in total. The van der Waals surface area contributed by atoms with Crippen LogP contribution in [0, 0.1) is 0 Å². The van der Waals surface area contributed by atoms with Crippen molar-refractivity contribution in [1.29, 1.82) is 0 Å². The summed E-state index contributed by atoms with van der Waals surface area (Å²) in [7, 11) is -3.38. The minimum absolute atomic E-state index is 0.121. The molecule has 1 N–H and O–H groups in total. The van der Waals surface area contributed by atoms with Crippen LogP contribution in [0.3, 0.4) is 0 Å². The summed E-state index contributed by atoms with van der Waals surface area (Å²) in [6.45, 7) is 1.87. The van der Waals surface area contributed by atoms with Crippen molar-refractivity contribution in [2.75, 3.05) is 36.8 Å². The number of anilines is 1. The van der Waals surface area contributed by atoms with Gasteiger partial charge in [0, 0.05) is 38.8 Å². The van der Waals surface area contributed by atoms with Crippen molar-refractivity contribution in [1.82, 2.24) is 14.5 Å². The average Bonchev–Trinajstić information content (AvgIpc) is 2.48. The van der Waals surface area contributed by atoms with Crippen molar-refractivity contribution in [3.8, 4) is 0 Å². The molecule has 9 heteroatoms. The fraction of sp³-hybridized carbons (Fsp3) is 0.583. The number of aromatic nitrogens is 2. The number of sulfonamides is 1. The van der Waals surface area contributed by atoms with Gasteiger partial charge >= 0.3 is 5.97 Å². The second-order valence-electron chi connectivity index (χ2n) is 4.78. The summed E-state index contributed by atoms with van der Waals surface area (Å²) in [4.78, 5) is 12.4. The van der Waals surface area contributed by atoms with Gasteiger partial charge in [-0.2, -0.15) is 9.40 Å². The Kier molecular flexibility index (Phi) is 5.07. The van der Waals surface area contributed by atoms with Crippen LogP contribution in [0.4, 0.5) is 5.82 Å². The summed E-state index contributed by atoms with van der Waals surface area (Å²) in [5, 5.41) is 16.4. The maximum Gasteiger partial charge on any atom is 0.303 e. The second-order valence-corrected chi connectivity index (χ2v) is 6.87. The average molecular weight is 314 g/mol. The number of hydrogen-bond acceptors (Lipinski definition) is 6. The molecule has 1 saturated heterocycles. The topological polar surface area (TPSA) is 104 Å². The molecule has 1 aliphatic rings. The molecule has 116 valence electrons. The molecule has 1 aliphatic heterocycles. The third-order valence-corrected chi connectivity index (χ3v) is 5.26. The number of carboxylic acid groups (broad SMARTS) is 1. The van der Waals surface area contributed by atoms with E-state index < -0.39 is 16.0 Å². The zero-order valence-corrected chi connectivity index (χ0v) is 12.4. The Morgan fingerprint density at radius 1 is 1.29 bits per heavy atom. The van der Waals surface area contributed by atoms with Crippen LogP contribution in [0.25, 0.3) is 0 Å². The Bertz CT molecular complexity index is 570. The summed E-state index contributed by atoms with van der Waals surface area (Å²) in [5.74, 6) is -0.358. The van der Waals surface area contributed by atoms with E-state index in [1.165, 1.54) is 4.31 Å². The summed E-state index contributed by atoms with van der Waals surface area (Å²) in [6, 6.07) is 3.63. The van der Waals surface area contributed by atoms with E-state index in [0.29, 0.717) is 26.2 Å². The van der Waals surface area contributed by atoms with Crippen LogP contribution < -0.4 is 4.90 Å². The minimum atomic E-state index is -3.38. The van der Waals surface area contributed by atoms with E-state index in [1.807, 2.05) is 11.0 Å². The van der Waals surface area contributed by atoms with Crippen molar-refractivity contribution < 1.29 is 18.3 Å². The van der Waals surface area contributed by atoms with E-state index in [2.05, 4.69) is 10.2 Å². The first-order valence-corrected chi connectivity index (χ1v) is 8.32. The zero-order chi connectivity index (χ0) is 15.3. The van der Waals surface area contributed by atoms with Gasteiger partial charge in [-0.1, -0.05) is 0 Å². The minimum Gasteiger partial charge on any atom is -0.481 e. The van der Waals surface area contributed by atoms with E-state index >= 15 is 0 Å². The monoisotopic (exact) mass is 314 g/mol. The Hall–Kier alpha value is -1.74. The molecule has 2 rings (SSSR count). The van der Waals surface area contributed by atoms with Gasteiger partial charge in [0.05, 0.1) is 5.75 Å². The van der Waals surface area contributed by atoms with E-state index in [0.717, 1.165) is 5.82 Å². The quantitative estimate of drug-likeness (QED) is 0.775. The molecule has 0 unspecified atom stereocenters.